The lowest BCUT2D eigenvalue weighted by Gasteiger charge is -2.24. The highest BCUT2D eigenvalue weighted by molar-refractivity contribution is 7.92. The van der Waals surface area contributed by atoms with Gasteiger partial charge in [0.1, 0.15) is 0 Å². The molecule has 1 aliphatic rings. The minimum Gasteiger partial charge on any atom is -0.284 e. The van der Waals surface area contributed by atoms with Crippen molar-refractivity contribution in [3.8, 4) is 0 Å². The number of hydrogen-bond donors (Lipinski definition) is 1. The highest BCUT2D eigenvalue weighted by Crippen LogP contribution is 2.38. The van der Waals surface area contributed by atoms with Crippen molar-refractivity contribution < 1.29 is 16.8 Å². The first kappa shape index (κ1) is 24.3. The predicted molar refractivity (Wildman–Crippen MR) is 135 cm³/mol. The molecular weight excluding hydrogens is 494 g/mol. The second-order valence-electron chi connectivity index (χ2n) is 7.94. The number of benzene rings is 3. The van der Waals surface area contributed by atoms with Crippen molar-refractivity contribution in [2.24, 2.45) is 5.10 Å². The second kappa shape index (κ2) is 9.40. The van der Waals surface area contributed by atoms with Crippen LogP contribution in [0.1, 0.15) is 36.1 Å². The fourth-order valence-electron chi connectivity index (χ4n) is 3.77. The van der Waals surface area contributed by atoms with Gasteiger partial charge >= 0.3 is 0 Å². The molecule has 3 aromatic carbocycles. The highest BCUT2D eigenvalue weighted by Gasteiger charge is 2.38. The normalized spacial score (nSPS) is 16.4. The molecular formula is C24H24ClN3O4S2. The molecule has 0 fully saturated rings. The van der Waals surface area contributed by atoms with Gasteiger partial charge in [-0.15, -0.1) is 0 Å². The Morgan fingerprint density at radius 3 is 2.24 bits per heavy atom. The summed E-state index contributed by atoms with van der Waals surface area (Å²) in [5, 5.41) is 4.98. The van der Waals surface area contributed by atoms with Gasteiger partial charge in [0.15, 0.2) is 0 Å². The zero-order valence-corrected chi connectivity index (χ0v) is 21.0. The Bertz CT molecular complexity index is 1440. The van der Waals surface area contributed by atoms with E-state index in [1.54, 1.807) is 31.2 Å². The van der Waals surface area contributed by atoms with Crippen LogP contribution in [0.15, 0.2) is 82.8 Å². The van der Waals surface area contributed by atoms with Crippen LogP contribution >= 0.6 is 11.6 Å². The van der Waals surface area contributed by atoms with Gasteiger partial charge in [0.05, 0.1) is 22.4 Å². The van der Waals surface area contributed by atoms with E-state index in [-0.39, 0.29) is 10.6 Å². The fourth-order valence-corrected chi connectivity index (χ4v) is 5.96. The first-order valence-corrected chi connectivity index (χ1v) is 14.1. The fraction of sp³-hybridized carbons (Fsp3) is 0.208. The van der Waals surface area contributed by atoms with Gasteiger partial charge in [-0.05, 0) is 66.9 Å². The molecule has 178 valence electrons. The molecule has 0 spiro atoms. The smallest absolute Gasteiger partial charge is 0.279 e. The maximum atomic E-state index is 13.6. The van der Waals surface area contributed by atoms with Crippen LogP contribution in [-0.2, 0) is 20.0 Å². The SMILES string of the molecule is CCS(=O)(=O)Nc1ccc(C2=NN(S(=O)(=O)c3ccc(Cl)cc3)[C@H](c3ccccc3C)C2)cc1. The average Bonchev–Trinajstić information content (AvgIpc) is 3.26. The number of nitrogens with zero attached hydrogens (tertiary/aromatic N) is 2. The van der Waals surface area contributed by atoms with E-state index in [2.05, 4.69) is 9.82 Å². The monoisotopic (exact) mass is 517 g/mol. The minimum absolute atomic E-state index is 0.0307. The molecule has 1 aliphatic heterocycles. The third-order valence-electron chi connectivity index (χ3n) is 5.65. The topological polar surface area (TPSA) is 95.9 Å². The molecule has 10 heteroatoms. The van der Waals surface area contributed by atoms with Crippen LogP contribution in [0.4, 0.5) is 5.69 Å². The summed E-state index contributed by atoms with van der Waals surface area (Å²) >= 11 is 5.95. The van der Waals surface area contributed by atoms with Crippen molar-refractivity contribution in [2.75, 3.05) is 10.5 Å². The molecule has 34 heavy (non-hydrogen) atoms. The van der Waals surface area contributed by atoms with Crippen LogP contribution in [0.5, 0.6) is 0 Å². The zero-order valence-electron chi connectivity index (χ0n) is 18.6. The summed E-state index contributed by atoms with van der Waals surface area (Å²) in [6.45, 7) is 3.50. The zero-order chi connectivity index (χ0) is 24.5. The molecule has 1 N–H and O–H groups in total. The van der Waals surface area contributed by atoms with Gasteiger partial charge in [-0.2, -0.15) is 17.9 Å². The van der Waals surface area contributed by atoms with E-state index in [0.29, 0.717) is 28.4 Å². The maximum absolute atomic E-state index is 13.6. The van der Waals surface area contributed by atoms with E-state index < -0.39 is 26.1 Å². The van der Waals surface area contributed by atoms with E-state index in [1.807, 2.05) is 31.2 Å². The van der Waals surface area contributed by atoms with Crippen molar-refractivity contribution >= 4 is 43.0 Å². The molecule has 0 radical (unpaired) electrons. The molecule has 7 nitrogen and oxygen atoms in total. The van der Waals surface area contributed by atoms with E-state index >= 15 is 0 Å². The third kappa shape index (κ3) is 4.96. The lowest BCUT2D eigenvalue weighted by Crippen LogP contribution is -2.27. The van der Waals surface area contributed by atoms with E-state index in [1.165, 1.54) is 28.7 Å². The first-order valence-electron chi connectivity index (χ1n) is 10.6. The number of sulfonamides is 2. The van der Waals surface area contributed by atoms with Gasteiger partial charge in [-0.1, -0.05) is 48.0 Å². The number of anilines is 1. The molecule has 0 saturated carbocycles. The first-order chi connectivity index (χ1) is 16.1. The number of nitrogens with one attached hydrogen (secondary N) is 1. The summed E-state index contributed by atoms with van der Waals surface area (Å²) in [5.74, 6) is -0.0307. The Balaban J connectivity index is 1.73. The van der Waals surface area contributed by atoms with Gasteiger partial charge in [-0.3, -0.25) is 4.72 Å². The van der Waals surface area contributed by atoms with Crippen LogP contribution < -0.4 is 4.72 Å². The number of halogens is 1. The highest BCUT2D eigenvalue weighted by atomic mass is 35.5. The Morgan fingerprint density at radius 2 is 1.62 bits per heavy atom. The van der Waals surface area contributed by atoms with Crippen molar-refractivity contribution in [1.29, 1.82) is 0 Å². The standard InChI is InChI=1S/C24H24ClN3O4S2/c1-3-33(29,30)27-20-12-8-18(9-13-20)23-16-24(22-7-5-4-6-17(22)2)28(26-23)34(31,32)21-14-10-19(25)11-15-21/h4-15,24,27H,3,16H2,1-2H3/t24-/m0/s1. The van der Waals surface area contributed by atoms with Crippen molar-refractivity contribution in [3.05, 3.63) is 94.5 Å². The molecule has 0 unspecified atom stereocenters. The molecule has 1 heterocycles. The summed E-state index contributed by atoms with van der Waals surface area (Å²) < 4.78 is 54.5. The quantitative estimate of drug-likeness (QED) is 0.479. The predicted octanol–water partition coefficient (Wildman–Crippen LogP) is 4.95. The van der Waals surface area contributed by atoms with Crippen LogP contribution in [0.3, 0.4) is 0 Å². The maximum Gasteiger partial charge on any atom is 0.279 e. The number of hydrogen-bond acceptors (Lipinski definition) is 5. The number of rotatable bonds is 7. The molecule has 1 atom stereocenters. The van der Waals surface area contributed by atoms with Crippen molar-refractivity contribution in [1.82, 2.24) is 4.41 Å². The van der Waals surface area contributed by atoms with Gasteiger partial charge in [0.25, 0.3) is 10.0 Å². The van der Waals surface area contributed by atoms with Crippen LogP contribution in [0, 0.1) is 6.92 Å². The molecule has 4 rings (SSSR count). The number of hydrazone groups is 1. The van der Waals surface area contributed by atoms with Gasteiger partial charge in [0, 0.05) is 17.1 Å². The molecule has 3 aromatic rings. The summed E-state index contributed by atoms with van der Waals surface area (Å²) in [7, 11) is -7.34. The largest absolute Gasteiger partial charge is 0.284 e. The summed E-state index contributed by atoms with van der Waals surface area (Å²) in [6.07, 6.45) is 0.373. The van der Waals surface area contributed by atoms with Gasteiger partial charge in [-0.25, -0.2) is 8.42 Å². The van der Waals surface area contributed by atoms with Gasteiger partial charge in [0.2, 0.25) is 10.0 Å². The Labute approximate surface area is 205 Å². The van der Waals surface area contributed by atoms with Crippen LogP contribution in [0.25, 0.3) is 0 Å². The Kier molecular flexibility index (Phi) is 6.71. The molecule has 0 aromatic heterocycles. The summed E-state index contributed by atoms with van der Waals surface area (Å²) in [5.41, 5.74) is 3.57. The average molecular weight is 518 g/mol. The lowest BCUT2D eigenvalue weighted by atomic mass is 9.96. The Hall–Kier alpha value is -2.88. The number of aryl methyl sites for hydroxylation is 1. The van der Waals surface area contributed by atoms with Crippen molar-refractivity contribution in [3.63, 3.8) is 0 Å². The van der Waals surface area contributed by atoms with Gasteiger partial charge < -0.3 is 0 Å². The molecule has 0 amide bonds. The minimum atomic E-state index is -3.95. The lowest BCUT2D eigenvalue weighted by molar-refractivity contribution is 0.370. The molecule has 0 bridgehead atoms. The summed E-state index contributed by atoms with van der Waals surface area (Å²) in [6, 6.07) is 19.9. The molecule has 0 aliphatic carbocycles. The second-order valence-corrected chi connectivity index (χ2v) is 12.2. The van der Waals surface area contributed by atoms with Crippen LogP contribution in [-0.4, -0.2) is 32.7 Å². The van der Waals surface area contributed by atoms with E-state index in [0.717, 1.165) is 11.1 Å². The van der Waals surface area contributed by atoms with Crippen molar-refractivity contribution in [2.45, 2.75) is 31.2 Å². The van der Waals surface area contributed by atoms with E-state index in [9.17, 15) is 16.8 Å². The van der Waals surface area contributed by atoms with Crippen LogP contribution in [0.2, 0.25) is 5.02 Å². The molecule has 0 saturated heterocycles. The Morgan fingerprint density at radius 1 is 0.971 bits per heavy atom. The third-order valence-corrected chi connectivity index (χ3v) is 8.90. The van der Waals surface area contributed by atoms with E-state index in [4.69, 9.17) is 11.6 Å². The summed E-state index contributed by atoms with van der Waals surface area (Å²) in [4.78, 5) is 0.102.